The molecule has 0 saturated carbocycles. The Bertz CT molecular complexity index is 1190. The fourth-order valence-electron chi connectivity index (χ4n) is 4.57. The summed E-state index contributed by atoms with van der Waals surface area (Å²) < 4.78 is 0. The molecule has 4 atom stereocenters. The number of H-pyrrole nitrogens is 1. The number of para-hydroxylation sites is 1. The molecule has 0 radical (unpaired) electrons. The number of benzene rings is 1. The Morgan fingerprint density at radius 2 is 1.87 bits per heavy atom. The van der Waals surface area contributed by atoms with E-state index in [4.69, 9.17) is 11.5 Å². The minimum absolute atomic E-state index is 0.0791. The summed E-state index contributed by atoms with van der Waals surface area (Å²) in [5.41, 5.74) is 12.6. The molecule has 12 nitrogen and oxygen atoms in total. The van der Waals surface area contributed by atoms with Crippen LogP contribution in [0.4, 0.5) is 0 Å². The third-order valence-electron chi connectivity index (χ3n) is 6.54. The van der Waals surface area contributed by atoms with E-state index in [0.29, 0.717) is 25.1 Å². The molecule has 0 spiro atoms. The number of primary amides is 1. The SMILES string of the molecule is CSCCC(NC(=O)C(Cc1c[nH]c2ccccc12)NC(=O)C(N)CC(N)=O)C(=O)N1CCCC1C(=O)O. The van der Waals surface area contributed by atoms with Crippen LogP contribution in [0.3, 0.4) is 0 Å². The molecule has 0 aliphatic carbocycles. The number of likely N-dealkylation sites (tertiary alicyclic amines) is 1. The minimum Gasteiger partial charge on any atom is -0.480 e. The van der Waals surface area contributed by atoms with Crippen molar-refractivity contribution in [2.24, 2.45) is 11.5 Å². The summed E-state index contributed by atoms with van der Waals surface area (Å²) in [5, 5.41) is 15.7. The van der Waals surface area contributed by atoms with Gasteiger partial charge in [-0.15, -0.1) is 0 Å². The summed E-state index contributed by atoms with van der Waals surface area (Å²) in [4.78, 5) is 66.9. The monoisotopic (exact) mass is 546 g/mol. The lowest BCUT2D eigenvalue weighted by molar-refractivity contribution is -0.149. The van der Waals surface area contributed by atoms with Crippen LogP contribution in [0.5, 0.6) is 0 Å². The number of nitrogens with one attached hydrogen (secondary N) is 3. The van der Waals surface area contributed by atoms with E-state index in [1.165, 1.54) is 16.7 Å². The number of aromatic nitrogens is 1. The van der Waals surface area contributed by atoms with Crippen LogP contribution in [-0.4, -0.2) is 87.3 Å². The number of thioether (sulfide) groups is 1. The van der Waals surface area contributed by atoms with Crippen molar-refractivity contribution in [2.75, 3.05) is 18.6 Å². The van der Waals surface area contributed by atoms with Gasteiger partial charge >= 0.3 is 5.97 Å². The van der Waals surface area contributed by atoms with Crippen LogP contribution < -0.4 is 22.1 Å². The molecule has 1 aromatic heterocycles. The second-order valence-electron chi connectivity index (χ2n) is 9.27. The highest BCUT2D eigenvalue weighted by atomic mass is 32.2. The number of aliphatic carboxylic acids is 1. The number of carbonyl (C=O) groups excluding carboxylic acids is 4. The summed E-state index contributed by atoms with van der Waals surface area (Å²) in [6.45, 7) is 0.291. The molecule has 8 N–H and O–H groups in total. The van der Waals surface area contributed by atoms with Gasteiger partial charge in [0, 0.05) is 30.1 Å². The van der Waals surface area contributed by atoms with Crippen LogP contribution in [0.15, 0.2) is 30.5 Å². The van der Waals surface area contributed by atoms with Gasteiger partial charge in [0.05, 0.1) is 12.5 Å². The Morgan fingerprint density at radius 3 is 2.55 bits per heavy atom. The highest BCUT2D eigenvalue weighted by molar-refractivity contribution is 7.98. The van der Waals surface area contributed by atoms with Gasteiger partial charge in [-0.1, -0.05) is 18.2 Å². The summed E-state index contributed by atoms with van der Waals surface area (Å²) >= 11 is 1.49. The van der Waals surface area contributed by atoms with Crippen molar-refractivity contribution in [3.05, 3.63) is 36.0 Å². The quantitative estimate of drug-likeness (QED) is 0.197. The maximum absolute atomic E-state index is 13.5. The molecule has 1 fully saturated rings. The number of hydrogen-bond donors (Lipinski definition) is 6. The van der Waals surface area contributed by atoms with E-state index in [9.17, 15) is 29.1 Å². The van der Waals surface area contributed by atoms with Gasteiger partial charge in [-0.2, -0.15) is 11.8 Å². The van der Waals surface area contributed by atoms with Crippen LogP contribution in [-0.2, 0) is 30.4 Å². The zero-order valence-electron chi connectivity index (χ0n) is 21.1. The van der Waals surface area contributed by atoms with Crippen LogP contribution in [0.25, 0.3) is 10.9 Å². The molecule has 13 heteroatoms. The molecular formula is C25H34N6O6S. The topological polar surface area (TPSA) is 201 Å². The van der Waals surface area contributed by atoms with Crippen LogP contribution >= 0.6 is 11.8 Å². The Hall–Kier alpha value is -3.58. The second-order valence-corrected chi connectivity index (χ2v) is 10.3. The second kappa shape index (κ2) is 13.3. The van der Waals surface area contributed by atoms with Gasteiger partial charge < -0.3 is 37.1 Å². The molecule has 0 bridgehead atoms. The largest absolute Gasteiger partial charge is 0.480 e. The lowest BCUT2D eigenvalue weighted by atomic mass is 10.0. The third kappa shape index (κ3) is 7.25. The van der Waals surface area contributed by atoms with Crippen molar-refractivity contribution in [3.63, 3.8) is 0 Å². The smallest absolute Gasteiger partial charge is 0.326 e. The maximum atomic E-state index is 13.5. The average Bonchev–Trinajstić information content (AvgIpc) is 3.53. The molecule has 206 valence electrons. The van der Waals surface area contributed by atoms with Crippen molar-refractivity contribution >= 4 is 52.3 Å². The zero-order valence-corrected chi connectivity index (χ0v) is 22.0. The van der Waals surface area contributed by atoms with Gasteiger partial charge in [0.1, 0.15) is 18.1 Å². The summed E-state index contributed by atoms with van der Waals surface area (Å²) in [5.74, 6) is -3.13. The molecule has 3 rings (SSSR count). The normalized spacial score (nSPS) is 17.5. The van der Waals surface area contributed by atoms with E-state index in [0.717, 1.165) is 16.5 Å². The number of carbonyl (C=O) groups is 5. The van der Waals surface area contributed by atoms with Crippen LogP contribution in [0.2, 0.25) is 0 Å². The summed E-state index contributed by atoms with van der Waals surface area (Å²) in [7, 11) is 0. The highest BCUT2D eigenvalue weighted by Gasteiger charge is 2.38. The number of amides is 4. The Balaban J connectivity index is 1.84. The molecule has 38 heavy (non-hydrogen) atoms. The number of carboxylic acid groups (broad SMARTS) is 1. The molecular weight excluding hydrogens is 512 g/mol. The van der Waals surface area contributed by atoms with Gasteiger partial charge in [0.15, 0.2) is 0 Å². The first-order chi connectivity index (χ1) is 18.1. The van der Waals surface area contributed by atoms with Gasteiger partial charge in [-0.3, -0.25) is 19.2 Å². The summed E-state index contributed by atoms with van der Waals surface area (Å²) in [6, 6.07) is 3.17. The van der Waals surface area contributed by atoms with E-state index < -0.39 is 60.2 Å². The molecule has 1 aliphatic heterocycles. The maximum Gasteiger partial charge on any atom is 0.326 e. The standard InChI is InChI=1S/C25H34N6O6S/c1-38-10-8-18(24(35)31-9-4-7-20(31)25(36)37)29-23(34)19(30-22(33)16(26)12-21(27)32)11-14-13-28-17-6-3-2-5-15(14)17/h2-3,5-6,13,16,18-20,28H,4,7-12,26H2,1H3,(H2,27,32)(H,29,34)(H,30,33)(H,36,37). The lowest BCUT2D eigenvalue weighted by Gasteiger charge is -2.29. The lowest BCUT2D eigenvalue weighted by Crippen LogP contribution is -2.58. The number of nitrogens with zero attached hydrogens (tertiary/aromatic N) is 1. The molecule has 4 amide bonds. The third-order valence-corrected chi connectivity index (χ3v) is 7.18. The van der Waals surface area contributed by atoms with Gasteiger partial charge in [-0.05, 0) is 42.9 Å². The molecule has 1 aromatic carbocycles. The van der Waals surface area contributed by atoms with Crippen molar-refractivity contribution in [2.45, 2.75) is 56.3 Å². The van der Waals surface area contributed by atoms with E-state index >= 15 is 0 Å². The number of fused-ring (bicyclic) bond motifs is 1. The molecule has 1 saturated heterocycles. The van der Waals surface area contributed by atoms with E-state index in [2.05, 4.69) is 15.6 Å². The molecule has 2 heterocycles. The van der Waals surface area contributed by atoms with E-state index in [1.54, 1.807) is 6.20 Å². The fourth-order valence-corrected chi connectivity index (χ4v) is 5.04. The number of carboxylic acids is 1. The zero-order chi connectivity index (χ0) is 27.8. The van der Waals surface area contributed by atoms with Crippen molar-refractivity contribution in [1.29, 1.82) is 0 Å². The van der Waals surface area contributed by atoms with Crippen LogP contribution in [0.1, 0.15) is 31.2 Å². The first kappa shape index (κ1) is 29.0. The fraction of sp³-hybridized carbons (Fsp3) is 0.480. The number of aromatic amines is 1. The van der Waals surface area contributed by atoms with Gasteiger partial charge in [0.2, 0.25) is 23.6 Å². The Kier molecular flexibility index (Phi) is 10.1. The Labute approximate surface area is 224 Å². The summed E-state index contributed by atoms with van der Waals surface area (Å²) in [6.07, 6.45) is 4.47. The van der Waals surface area contributed by atoms with Crippen molar-refractivity contribution in [3.8, 4) is 0 Å². The molecule has 4 unspecified atom stereocenters. The number of hydrogen-bond acceptors (Lipinski definition) is 7. The Morgan fingerprint density at radius 1 is 1.16 bits per heavy atom. The highest BCUT2D eigenvalue weighted by Crippen LogP contribution is 2.21. The number of rotatable bonds is 13. The van der Waals surface area contributed by atoms with E-state index in [1.807, 2.05) is 30.5 Å². The molecule has 1 aliphatic rings. The predicted octanol–water partition coefficient (Wildman–Crippen LogP) is -0.289. The van der Waals surface area contributed by atoms with Gasteiger partial charge in [-0.25, -0.2) is 4.79 Å². The first-order valence-corrected chi connectivity index (χ1v) is 13.7. The predicted molar refractivity (Wildman–Crippen MR) is 143 cm³/mol. The average molecular weight is 547 g/mol. The van der Waals surface area contributed by atoms with Crippen LogP contribution in [0, 0.1) is 0 Å². The molecule has 2 aromatic rings. The minimum atomic E-state index is -1.25. The number of nitrogens with two attached hydrogens (primary N) is 2. The first-order valence-electron chi connectivity index (χ1n) is 12.3. The van der Waals surface area contributed by atoms with Crippen molar-refractivity contribution < 1.29 is 29.1 Å². The van der Waals surface area contributed by atoms with Crippen molar-refractivity contribution in [1.82, 2.24) is 20.5 Å². The van der Waals surface area contributed by atoms with Gasteiger partial charge in [0.25, 0.3) is 0 Å². The van der Waals surface area contributed by atoms with E-state index in [-0.39, 0.29) is 12.8 Å².